The Balaban J connectivity index is 2.16. The summed E-state index contributed by atoms with van der Waals surface area (Å²) in [5.41, 5.74) is 5.97. The molecule has 0 aliphatic carbocycles. The average Bonchev–Trinajstić information content (AvgIpc) is 2.10. The maximum Gasteiger partial charge on any atom is 0.216 e. The molecule has 3 N–H and O–H groups in total. The van der Waals surface area contributed by atoms with E-state index in [1.807, 2.05) is 0 Å². The van der Waals surface area contributed by atoms with E-state index in [2.05, 4.69) is 17.1 Å². The van der Waals surface area contributed by atoms with Crippen molar-refractivity contribution in [1.29, 1.82) is 0 Å². The van der Waals surface area contributed by atoms with Gasteiger partial charge in [0.05, 0.1) is 0 Å². The Morgan fingerprint density at radius 1 is 1.64 bits per heavy atom. The minimum absolute atomic E-state index is 0.0414. The van der Waals surface area contributed by atoms with E-state index in [0.717, 1.165) is 26.2 Å². The van der Waals surface area contributed by atoms with Crippen molar-refractivity contribution in [3.8, 4) is 0 Å². The molecule has 1 fully saturated rings. The Morgan fingerprint density at radius 2 is 2.36 bits per heavy atom. The highest BCUT2D eigenvalue weighted by molar-refractivity contribution is 5.72. The predicted molar refractivity (Wildman–Crippen MR) is 56.9 cm³/mol. The Kier molecular flexibility index (Phi) is 4.35. The van der Waals surface area contributed by atoms with E-state index in [-0.39, 0.29) is 5.91 Å². The monoisotopic (exact) mass is 199 g/mol. The van der Waals surface area contributed by atoms with Crippen molar-refractivity contribution in [2.24, 2.45) is 11.7 Å². The Hall–Kier alpha value is -0.610. The third-order valence-electron chi connectivity index (χ3n) is 2.90. The van der Waals surface area contributed by atoms with Crippen LogP contribution in [0.4, 0.5) is 0 Å². The van der Waals surface area contributed by atoms with Crippen LogP contribution < -0.4 is 11.1 Å². The molecule has 0 spiro atoms. The van der Waals surface area contributed by atoms with Crippen LogP contribution in [0.5, 0.6) is 0 Å². The molecule has 0 radical (unpaired) electrons. The molecular weight excluding hydrogens is 178 g/mol. The normalized spacial score (nSPS) is 28.8. The van der Waals surface area contributed by atoms with Gasteiger partial charge in [0, 0.05) is 32.6 Å². The summed E-state index contributed by atoms with van der Waals surface area (Å²) >= 11 is 0. The zero-order valence-corrected chi connectivity index (χ0v) is 9.12. The molecule has 1 saturated heterocycles. The van der Waals surface area contributed by atoms with E-state index in [0.29, 0.717) is 12.0 Å². The molecule has 1 aliphatic rings. The molecule has 0 aromatic rings. The number of piperidine rings is 1. The quantitative estimate of drug-likeness (QED) is 0.661. The van der Waals surface area contributed by atoms with E-state index in [4.69, 9.17) is 5.73 Å². The number of carbonyl (C=O) groups excluding carboxylic acids is 1. The van der Waals surface area contributed by atoms with Crippen LogP contribution in [-0.2, 0) is 4.79 Å². The van der Waals surface area contributed by atoms with Gasteiger partial charge in [-0.2, -0.15) is 0 Å². The van der Waals surface area contributed by atoms with Gasteiger partial charge in [0.1, 0.15) is 0 Å². The molecule has 2 atom stereocenters. The third-order valence-corrected chi connectivity index (χ3v) is 2.90. The second-order valence-corrected chi connectivity index (χ2v) is 4.21. The van der Waals surface area contributed by atoms with Crippen molar-refractivity contribution < 1.29 is 4.79 Å². The van der Waals surface area contributed by atoms with Gasteiger partial charge in [0.2, 0.25) is 5.91 Å². The van der Waals surface area contributed by atoms with Gasteiger partial charge < -0.3 is 16.0 Å². The first-order valence-electron chi connectivity index (χ1n) is 5.32. The summed E-state index contributed by atoms with van der Waals surface area (Å²) in [5, 5.41) is 2.80. The molecule has 4 heteroatoms. The Bertz CT molecular complexity index is 196. The van der Waals surface area contributed by atoms with E-state index in [9.17, 15) is 4.79 Å². The van der Waals surface area contributed by atoms with Crippen molar-refractivity contribution >= 4 is 5.91 Å². The van der Waals surface area contributed by atoms with Gasteiger partial charge in [-0.15, -0.1) is 0 Å². The molecule has 1 heterocycles. The summed E-state index contributed by atoms with van der Waals surface area (Å²) in [5.74, 6) is 0.673. The Labute approximate surface area is 85.8 Å². The molecular formula is C10H21N3O. The average molecular weight is 199 g/mol. The van der Waals surface area contributed by atoms with Crippen molar-refractivity contribution in [3.63, 3.8) is 0 Å². The zero-order valence-electron chi connectivity index (χ0n) is 9.12. The Morgan fingerprint density at radius 3 is 2.93 bits per heavy atom. The lowest BCUT2D eigenvalue weighted by Gasteiger charge is -2.34. The number of likely N-dealkylation sites (tertiary alicyclic amines) is 1. The fourth-order valence-electron chi connectivity index (χ4n) is 1.76. The van der Waals surface area contributed by atoms with Crippen LogP contribution in [0.25, 0.3) is 0 Å². The third kappa shape index (κ3) is 3.64. The molecule has 14 heavy (non-hydrogen) atoms. The highest BCUT2D eigenvalue weighted by Crippen LogP contribution is 2.14. The van der Waals surface area contributed by atoms with E-state index in [1.165, 1.54) is 6.42 Å². The molecule has 0 saturated carbocycles. The van der Waals surface area contributed by atoms with Crippen molar-refractivity contribution in [2.75, 3.05) is 26.2 Å². The van der Waals surface area contributed by atoms with E-state index < -0.39 is 0 Å². The number of carbonyl (C=O) groups is 1. The van der Waals surface area contributed by atoms with Crippen LogP contribution >= 0.6 is 0 Å². The summed E-state index contributed by atoms with van der Waals surface area (Å²) in [6.45, 7) is 7.46. The van der Waals surface area contributed by atoms with Crippen LogP contribution in [0.3, 0.4) is 0 Å². The minimum Gasteiger partial charge on any atom is -0.355 e. The van der Waals surface area contributed by atoms with E-state index >= 15 is 0 Å². The number of amides is 1. The summed E-state index contributed by atoms with van der Waals surface area (Å²) in [6.07, 6.45) is 1.17. The second kappa shape index (κ2) is 5.32. The van der Waals surface area contributed by atoms with Crippen LogP contribution in [0.2, 0.25) is 0 Å². The fourth-order valence-corrected chi connectivity index (χ4v) is 1.76. The molecule has 4 nitrogen and oxygen atoms in total. The number of hydrogen-bond donors (Lipinski definition) is 2. The lowest BCUT2D eigenvalue weighted by Crippen LogP contribution is -2.49. The molecule has 0 aromatic heterocycles. The van der Waals surface area contributed by atoms with Crippen LogP contribution in [0, 0.1) is 5.92 Å². The van der Waals surface area contributed by atoms with Crippen molar-refractivity contribution in [1.82, 2.24) is 10.2 Å². The number of rotatable bonds is 3. The molecule has 1 aliphatic heterocycles. The van der Waals surface area contributed by atoms with Gasteiger partial charge in [-0.05, 0) is 18.9 Å². The standard InChI is InChI=1S/C10H21N3O/c1-8-3-5-13(7-10(8)11)6-4-12-9(2)14/h8,10H,3-7,11H2,1-2H3,(H,12,14). The molecule has 0 bridgehead atoms. The van der Waals surface area contributed by atoms with Crippen LogP contribution in [-0.4, -0.2) is 43.0 Å². The lowest BCUT2D eigenvalue weighted by atomic mass is 9.94. The first-order valence-corrected chi connectivity index (χ1v) is 5.32. The number of nitrogens with one attached hydrogen (secondary N) is 1. The van der Waals surface area contributed by atoms with Crippen molar-refractivity contribution in [3.05, 3.63) is 0 Å². The van der Waals surface area contributed by atoms with Gasteiger partial charge in [0.15, 0.2) is 0 Å². The number of nitrogens with two attached hydrogens (primary N) is 1. The molecule has 82 valence electrons. The van der Waals surface area contributed by atoms with Crippen LogP contribution in [0.15, 0.2) is 0 Å². The lowest BCUT2D eigenvalue weighted by molar-refractivity contribution is -0.119. The highest BCUT2D eigenvalue weighted by atomic mass is 16.1. The summed E-state index contributed by atoms with van der Waals surface area (Å²) in [4.78, 5) is 13.0. The first kappa shape index (κ1) is 11.5. The smallest absolute Gasteiger partial charge is 0.216 e. The summed E-state index contributed by atoms with van der Waals surface area (Å²) in [7, 11) is 0. The summed E-state index contributed by atoms with van der Waals surface area (Å²) < 4.78 is 0. The number of hydrogen-bond acceptors (Lipinski definition) is 3. The maximum atomic E-state index is 10.6. The maximum absolute atomic E-state index is 10.6. The zero-order chi connectivity index (χ0) is 10.6. The number of nitrogens with zero attached hydrogens (tertiary/aromatic N) is 1. The van der Waals surface area contributed by atoms with Gasteiger partial charge in [0.25, 0.3) is 0 Å². The van der Waals surface area contributed by atoms with Crippen molar-refractivity contribution in [2.45, 2.75) is 26.3 Å². The molecule has 1 amide bonds. The second-order valence-electron chi connectivity index (χ2n) is 4.21. The largest absolute Gasteiger partial charge is 0.355 e. The topological polar surface area (TPSA) is 58.4 Å². The van der Waals surface area contributed by atoms with Crippen LogP contribution in [0.1, 0.15) is 20.3 Å². The SMILES string of the molecule is CC(=O)NCCN1CCC(C)C(N)C1. The van der Waals surface area contributed by atoms with Gasteiger partial charge in [-0.1, -0.05) is 6.92 Å². The molecule has 0 aromatic carbocycles. The molecule has 2 unspecified atom stereocenters. The van der Waals surface area contributed by atoms with E-state index in [1.54, 1.807) is 6.92 Å². The summed E-state index contributed by atoms with van der Waals surface area (Å²) in [6, 6.07) is 0.293. The minimum atomic E-state index is 0.0414. The molecule has 1 rings (SSSR count). The van der Waals surface area contributed by atoms with Gasteiger partial charge >= 0.3 is 0 Å². The first-order chi connectivity index (χ1) is 6.59. The van der Waals surface area contributed by atoms with Gasteiger partial charge in [-0.25, -0.2) is 0 Å². The highest BCUT2D eigenvalue weighted by Gasteiger charge is 2.22. The fraction of sp³-hybridized carbons (Fsp3) is 0.900. The predicted octanol–water partition coefficient (Wildman–Crippen LogP) is -0.208. The van der Waals surface area contributed by atoms with Gasteiger partial charge in [-0.3, -0.25) is 4.79 Å².